The van der Waals surface area contributed by atoms with E-state index in [1.807, 2.05) is 0 Å². The lowest BCUT2D eigenvalue weighted by atomic mass is 9.97. The molecule has 1 fully saturated rings. The molecule has 4 amide bonds. The number of nitrogens with one attached hydrogen (secondary N) is 3. The summed E-state index contributed by atoms with van der Waals surface area (Å²) < 4.78 is 0. The van der Waals surface area contributed by atoms with E-state index in [0.29, 0.717) is 23.2 Å². The number of aromatic nitrogens is 1. The highest BCUT2D eigenvalue weighted by Crippen LogP contribution is 2.33. The Morgan fingerprint density at radius 3 is 2.71 bits per heavy atom. The largest absolute Gasteiger partial charge is 0.505 e. The monoisotopic (exact) mass is 422 g/mol. The zero-order valence-electron chi connectivity index (χ0n) is 16.8. The van der Waals surface area contributed by atoms with E-state index >= 15 is 0 Å². The van der Waals surface area contributed by atoms with Crippen molar-refractivity contribution < 1.29 is 24.3 Å². The molecule has 1 aromatic heterocycles. The summed E-state index contributed by atoms with van der Waals surface area (Å²) in [7, 11) is 0. The van der Waals surface area contributed by atoms with Crippen molar-refractivity contribution >= 4 is 29.3 Å². The summed E-state index contributed by atoms with van der Waals surface area (Å²) in [6, 6.07) is 4.27. The molecule has 1 atom stereocenters. The van der Waals surface area contributed by atoms with Crippen LogP contribution in [0.3, 0.4) is 0 Å². The van der Waals surface area contributed by atoms with Crippen LogP contribution in [-0.2, 0) is 29.0 Å². The third-order valence-corrected chi connectivity index (χ3v) is 6.27. The van der Waals surface area contributed by atoms with Gasteiger partial charge in [0, 0.05) is 35.5 Å². The van der Waals surface area contributed by atoms with E-state index < -0.39 is 17.9 Å². The van der Waals surface area contributed by atoms with Crippen molar-refractivity contribution in [2.45, 2.75) is 51.1 Å². The molecule has 0 saturated carbocycles. The molecule has 1 saturated heterocycles. The van der Waals surface area contributed by atoms with Gasteiger partial charge in [-0.15, -0.1) is 0 Å². The van der Waals surface area contributed by atoms with Crippen LogP contribution < -0.4 is 10.6 Å². The standard InChI is InChI=1S/C22H22N4O5/c27-17-8-7-16(20(29)25-17)26-10-11-9-12(5-6-13(11)22(26)31)23-21(30)18-19(28)14-3-1-2-4-15(14)24-18/h5-6,9,16,24,28H,1-4,7-8,10H2,(H,23,30)(H,25,27,29). The van der Waals surface area contributed by atoms with Crippen molar-refractivity contribution in [3.8, 4) is 5.75 Å². The summed E-state index contributed by atoms with van der Waals surface area (Å²) in [5.41, 5.74) is 3.54. The molecular weight excluding hydrogens is 400 g/mol. The number of imide groups is 1. The molecule has 9 nitrogen and oxygen atoms in total. The van der Waals surface area contributed by atoms with Crippen molar-refractivity contribution in [2.75, 3.05) is 5.32 Å². The van der Waals surface area contributed by atoms with Gasteiger partial charge < -0.3 is 20.3 Å². The van der Waals surface area contributed by atoms with E-state index in [4.69, 9.17) is 0 Å². The maximum Gasteiger partial charge on any atom is 0.275 e. The maximum atomic E-state index is 12.8. The lowest BCUT2D eigenvalue weighted by Crippen LogP contribution is -2.52. The summed E-state index contributed by atoms with van der Waals surface area (Å²) in [4.78, 5) is 53.6. The van der Waals surface area contributed by atoms with Crippen molar-refractivity contribution in [1.29, 1.82) is 0 Å². The number of carbonyl (C=O) groups is 4. The van der Waals surface area contributed by atoms with Crippen LogP contribution in [0.25, 0.3) is 0 Å². The third kappa shape index (κ3) is 3.26. The molecule has 5 rings (SSSR count). The molecule has 1 unspecified atom stereocenters. The predicted molar refractivity (Wildman–Crippen MR) is 110 cm³/mol. The Morgan fingerprint density at radius 2 is 1.94 bits per heavy atom. The highest BCUT2D eigenvalue weighted by molar-refractivity contribution is 6.07. The Hall–Kier alpha value is -3.62. The first kappa shape index (κ1) is 19.3. The number of benzene rings is 1. The number of aryl methyl sites for hydroxylation is 1. The van der Waals surface area contributed by atoms with Gasteiger partial charge in [0.2, 0.25) is 11.8 Å². The zero-order chi connectivity index (χ0) is 21.7. The minimum absolute atomic E-state index is 0.00701. The van der Waals surface area contributed by atoms with Gasteiger partial charge in [0.05, 0.1) is 0 Å². The fraction of sp³-hybridized carbons (Fsp3) is 0.364. The number of amides is 4. The molecule has 1 aliphatic carbocycles. The number of aromatic hydroxyl groups is 1. The maximum absolute atomic E-state index is 12.8. The number of piperidine rings is 1. The molecular formula is C22H22N4O5. The Morgan fingerprint density at radius 1 is 1.13 bits per heavy atom. The predicted octanol–water partition coefficient (Wildman–Crippen LogP) is 1.61. The van der Waals surface area contributed by atoms with Gasteiger partial charge in [-0.05, 0) is 55.9 Å². The molecule has 4 N–H and O–H groups in total. The van der Waals surface area contributed by atoms with E-state index in [9.17, 15) is 24.3 Å². The Bertz CT molecular complexity index is 1140. The summed E-state index contributed by atoms with van der Waals surface area (Å²) in [6.45, 7) is 0.228. The summed E-state index contributed by atoms with van der Waals surface area (Å²) >= 11 is 0. The second-order valence-corrected chi connectivity index (χ2v) is 8.24. The first-order valence-corrected chi connectivity index (χ1v) is 10.4. The van der Waals surface area contributed by atoms with Crippen LogP contribution in [0, 0.1) is 0 Å². The smallest absolute Gasteiger partial charge is 0.275 e. The quantitative estimate of drug-likeness (QED) is 0.558. The van der Waals surface area contributed by atoms with Crippen molar-refractivity contribution in [2.24, 2.45) is 0 Å². The number of rotatable bonds is 3. The Balaban J connectivity index is 1.34. The number of nitrogens with zero attached hydrogens (tertiary/aromatic N) is 1. The molecule has 2 aromatic rings. The SMILES string of the molecule is O=C1CCC(N2Cc3cc(NC(=O)c4[nH]c5c(c4O)CCCC5)ccc3C2=O)C(=O)N1. The zero-order valence-corrected chi connectivity index (χ0v) is 16.8. The lowest BCUT2D eigenvalue weighted by molar-refractivity contribution is -0.136. The van der Waals surface area contributed by atoms with E-state index in [1.54, 1.807) is 18.2 Å². The Labute approximate surface area is 177 Å². The van der Waals surface area contributed by atoms with E-state index in [1.165, 1.54) is 4.90 Å². The van der Waals surface area contributed by atoms with Gasteiger partial charge in [-0.1, -0.05) is 0 Å². The molecule has 2 aliphatic heterocycles. The summed E-state index contributed by atoms with van der Waals surface area (Å²) in [5, 5.41) is 15.5. The minimum atomic E-state index is -0.683. The number of carbonyl (C=O) groups excluding carboxylic acids is 4. The number of hydrogen-bond acceptors (Lipinski definition) is 5. The number of H-pyrrole nitrogens is 1. The average molecular weight is 422 g/mol. The molecule has 1 aromatic carbocycles. The fourth-order valence-electron chi connectivity index (χ4n) is 4.68. The first-order valence-electron chi connectivity index (χ1n) is 10.4. The molecule has 3 heterocycles. The highest BCUT2D eigenvalue weighted by atomic mass is 16.3. The second-order valence-electron chi connectivity index (χ2n) is 8.24. The molecule has 0 bridgehead atoms. The highest BCUT2D eigenvalue weighted by Gasteiger charge is 2.39. The van der Waals surface area contributed by atoms with Gasteiger partial charge in [0.1, 0.15) is 17.5 Å². The van der Waals surface area contributed by atoms with Crippen LogP contribution in [0.4, 0.5) is 5.69 Å². The van der Waals surface area contributed by atoms with Crippen LogP contribution in [-0.4, -0.2) is 44.7 Å². The number of hydrogen-bond donors (Lipinski definition) is 4. The number of aromatic amines is 1. The van der Waals surface area contributed by atoms with Gasteiger partial charge in [-0.3, -0.25) is 24.5 Å². The van der Waals surface area contributed by atoms with Crippen LogP contribution in [0.5, 0.6) is 5.75 Å². The van der Waals surface area contributed by atoms with Crippen molar-refractivity contribution in [3.63, 3.8) is 0 Å². The first-order chi connectivity index (χ1) is 14.9. The van der Waals surface area contributed by atoms with Crippen LogP contribution in [0.1, 0.15) is 63.4 Å². The molecule has 31 heavy (non-hydrogen) atoms. The minimum Gasteiger partial charge on any atom is -0.505 e. The van der Waals surface area contributed by atoms with E-state index in [0.717, 1.165) is 36.9 Å². The van der Waals surface area contributed by atoms with Gasteiger partial charge in [-0.25, -0.2) is 0 Å². The van der Waals surface area contributed by atoms with Gasteiger partial charge in [-0.2, -0.15) is 0 Å². The molecule has 0 spiro atoms. The lowest BCUT2D eigenvalue weighted by Gasteiger charge is -2.29. The third-order valence-electron chi connectivity index (χ3n) is 6.27. The van der Waals surface area contributed by atoms with Gasteiger partial charge in [0.25, 0.3) is 11.8 Å². The van der Waals surface area contributed by atoms with Crippen LogP contribution in [0.15, 0.2) is 18.2 Å². The second kappa shape index (κ2) is 7.26. The van der Waals surface area contributed by atoms with E-state index in [-0.39, 0.29) is 36.2 Å². The molecule has 3 aliphatic rings. The van der Waals surface area contributed by atoms with Crippen molar-refractivity contribution in [1.82, 2.24) is 15.2 Å². The van der Waals surface area contributed by atoms with Crippen LogP contribution in [0.2, 0.25) is 0 Å². The molecule has 160 valence electrons. The molecule has 9 heteroatoms. The number of anilines is 1. The Kier molecular flexibility index (Phi) is 4.53. The molecule has 0 radical (unpaired) electrons. The van der Waals surface area contributed by atoms with Gasteiger partial charge >= 0.3 is 0 Å². The fourth-order valence-corrected chi connectivity index (χ4v) is 4.68. The summed E-state index contributed by atoms with van der Waals surface area (Å²) in [5.74, 6) is -1.50. The average Bonchev–Trinajstić information content (AvgIpc) is 3.25. The topological polar surface area (TPSA) is 132 Å². The summed E-state index contributed by atoms with van der Waals surface area (Å²) in [6.07, 6.45) is 4.07. The van der Waals surface area contributed by atoms with Crippen molar-refractivity contribution in [3.05, 3.63) is 46.3 Å². The van der Waals surface area contributed by atoms with Gasteiger partial charge in [0.15, 0.2) is 0 Å². The number of fused-ring (bicyclic) bond motifs is 2. The van der Waals surface area contributed by atoms with Crippen LogP contribution >= 0.6 is 0 Å². The normalized spacial score (nSPS) is 20.3. The van der Waals surface area contributed by atoms with E-state index in [2.05, 4.69) is 15.6 Å².